The molecule has 1 amide bonds. The molecule has 0 bridgehead atoms. The van der Waals surface area contributed by atoms with Crippen LogP contribution in [0.5, 0.6) is 11.9 Å². The number of rotatable bonds is 10. The molecule has 2 aromatic heterocycles. The molecule has 1 aliphatic heterocycles. The zero-order chi connectivity index (χ0) is 31.0. The summed E-state index contributed by atoms with van der Waals surface area (Å²) in [5.41, 5.74) is 1.81. The van der Waals surface area contributed by atoms with E-state index >= 15 is 0 Å². The van der Waals surface area contributed by atoms with Crippen molar-refractivity contribution < 1.29 is 27.6 Å². The number of hydrogen-bond acceptors (Lipinski definition) is 11. The van der Waals surface area contributed by atoms with E-state index in [2.05, 4.69) is 25.0 Å². The van der Waals surface area contributed by atoms with Crippen LogP contribution in [0.2, 0.25) is 0 Å². The van der Waals surface area contributed by atoms with Gasteiger partial charge in [0.15, 0.2) is 0 Å². The van der Waals surface area contributed by atoms with Gasteiger partial charge in [-0.1, -0.05) is 12.1 Å². The summed E-state index contributed by atoms with van der Waals surface area (Å²) in [6.07, 6.45) is 5.97. The molecule has 0 spiro atoms. The summed E-state index contributed by atoms with van der Waals surface area (Å²) >= 11 is 0. The molecule has 6 rings (SSSR count). The van der Waals surface area contributed by atoms with Gasteiger partial charge in [0.25, 0.3) is 11.6 Å². The van der Waals surface area contributed by atoms with E-state index in [-0.39, 0.29) is 51.4 Å². The van der Waals surface area contributed by atoms with Gasteiger partial charge in [0.05, 0.1) is 35.9 Å². The summed E-state index contributed by atoms with van der Waals surface area (Å²) in [5.74, 6) is -0.0495. The predicted octanol–water partition coefficient (Wildman–Crippen LogP) is 4.04. The molecule has 15 heteroatoms. The number of benzene rings is 2. The molecule has 1 saturated carbocycles. The summed E-state index contributed by atoms with van der Waals surface area (Å²) in [7, 11) is -1.11. The summed E-state index contributed by atoms with van der Waals surface area (Å²) in [6, 6.07) is 9.12. The largest absolute Gasteiger partial charge is 0.480 e. The number of pyridine rings is 1. The lowest BCUT2D eigenvalue weighted by atomic mass is 10.0. The first-order valence-corrected chi connectivity index (χ1v) is 15.4. The quantitative estimate of drug-likeness (QED) is 0.193. The second kappa shape index (κ2) is 11.7. The Morgan fingerprint density at radius 2 is 1.82 bits per heavy atom. The number of aromatic nitrogens is 3. The second-order valence-corrected chi connectivity index (χ2v) is 12.2. The molecule has 2 aromatic carbocycles. The van der Waals surface area contributed by atoms with Gasteiger partial charge in [-0.2, -0.15) is 4.98 Å². The number of amides is 1. The Balaban J connectivity index is 1.48. The third kappa shape index (κ3) is 5.83. The maximum Gasteiger partial charge on any atom is 0.319 e. The average molecular weight is 620 g/mol. The summed E-state index contributed by atoms with van der Waals surface area (Å²) in [5, 5.41) is 15.4. The van der Waals surface area contributed by atoms with Crippen LogP contribution in [0.4, 0.5) is 17.1 Å². The van der Waals surface area contributed by atoms with Gasteiger partial charge in [-0.25, -0.2) is 18.1 Å². The molecule has 2 fully saturated rings. The second-order valence-electron chi connectivity index (χ2n) is 10.6. The zero-order valence-corrected chi connectivity index (χ0v) is 24.8. The number of ether oxygens (including phenoxy) is 2. The van der Waals surface area contributed by atoms with Gasteiger partial charge in [-0.3, -0.25) is 19.9 Å². The van der Waals surface area contributed by atoms with E-state index in [9.17, 15) is 23.3 Å². The number of fused-ring (bicyclic) bond motifs is 1. The normalized spacial score (nSPS) is 14.9. The number of hydrogen-bond donors (Lipinski definition) is 2. The Bertz CT molecular complexity index is 1890. The lowest BCUT2D eigenvalue weighted by Gasteiger charge is -2.18. The molecule has 4 aromatic rings. The molecule has 0 unspecified atom stereocenters. The van der Waals surface area contributed by atoms with Crippen molar-refractivity contribution in [2.75, 3.05) is 32.6 Å². The van der Waals surface area contributed by atoms with Gasteiger partial charge in [0.2, 0.25) is 15.9 Å². The van der Waals surface area contributed by atoms with Crippen molar-refractivity contribution in [3.8, 4) is 23.0 Å². The summed E-state index contributed by atoms with van der Waals surface area (Å²) < 4.78 is 40.2. The minimum Gasteiger partial charge on any atom is -0.480 e. The zero-order valence-electron chi connectivity index (χ0n) is 23.9. The standard InChI is InChI=1S/C29H29N7O7S/c1-42-27-23(15-31-29(33-27)43-2)17-5-8-22-24(13-17)30-16-25(44(40,41)34-19-6-7-19)26(22)32-20-11-18(12-21(14-20)36(38)39)28(37)35-9-3-4-10-35/h5,8,11-16,19,34H,3-4,6-7,9-10H2,1-2H3,(H,30,32). The number of nitrogens with zero attached hydrogens (tertiary/aromatic N) is 5. The van der Waals surface area contributed by atoms with E-state index < -0.39 is 14.9 Å². The number of carbonyl (C=O) groups is 1. The Morgan fingerprint density at radius 3 is 2.50 bits per heavy atom. The highest BCUT2D eigenvalue weighted by Gasteiger charge is 2.31. The third-order valence-electron chi connectivity index (χ3n) is 7.48. The highest BCUT2D eigenvalue weighted by atomic mass is 32.2. The molecule has 44 heavy (non-hydrogen) atoms. The van der Waals surface area contributed by atoms with Crippen molar-refractivity contribution in [3.63, 3.8) is 0 Å². The molecule has 3 heterocycles. The van der Waals surface area contributed by atoms with Crippen molar-refractivity contribution >= 4 is 43.9 Å². The van der Waals surface area contributed by atoms with Crippen LogP contribution >= 0.6 is 0 Å². The fourth-order valence-electron chi connectivity index (χ4n) is 5.12. The maximum absolute atomic E-state index is 13.5. The van der Waals surface area contributed by atoms with E-state index in [1.54, 1.807) is 29.3 Å². The Morgan fingerprint density at radius 1 is 1.05 bits per heavy atom. The SMILES string of the molecule is COc1ncc(-c2ccc3c(Nc4cc(C(=O)N5CCCC5)cc([N+](=O)[O-])c4)c(S(=O)(=O)NC4CC4)cnc3c2)c(OC)n1. The van der Waals surface area contributed by atoms with Crippen LogP contribution in [-0.2, 0) is 10.0 Å². The van der Waals surface area contributed by atoms with Crippen LogP contribution in [0.15, 0.2) is 53.7 Å². The number of nitro groups is 1. The number of carbonyl (C=O) groups excluding carboxylic acids is 1. The number of nitro benzene ring substituents is 1. The lowest BCUT2D eigenvalue weighted by Crippen LogP contribution is -2.27. The van der Waals surface area contributed by atoms with Crippen LogP contribution in [0.1, 0.15) is 36.0 Å². The Hall–Kier alpha value is -4.89. The van der Waals surface area contributed by atoms with E-state index in [4.69, 9.17) is 9.47 Å². The first-order chi connectivity index (χ1) is 21.2. The van der Waals surface area contributed by atoms with Crippen molar-refractivity contribution in [1.29, 1.82) is 0 Å². The molecular weight excluding hydrogens is 590 g/mol. The lowest BCUT2D eigenvalue weighted by molar-refractivity contribution is -0.384. The van der Waals surface area contributed by atoms with Crippen LogP contribution in [0, 0.1) is 10.1 Å². The van der Waals surface area contributed by atoms with Crippen molar-refractivity contribution in [1.82, 2.24) is 24.6 Å². The first kappa shape index (κ1) is 29.2. The molecular formula is C29H29N7O7S. The minimum absolute atomic E-state index is 0.131. The summed E-state index contributed by atoms with van der Waals surface area (Å²) in [6.45, 7) is 1.14. The smallest absolute Gasteiger partial charge is 0.319 e. The third-order valence-corrected chi connectivity index (χ3v) is 9.01. The van der Waals surface area contributed by atoms with E-state index in [1.165, 1.54) is 38.6 Å². The van der Waals surface area contributed by atoms with Crippen LogP contribution in [-0.4, -0.2) is 72.5 Å². The minimum atomic E-state index is -4.02. The average Bonchev–Trinajstić information content (AvgIpc) is 3.65. The number of anilines is 2. The highest BCUT2D eigenvalue weighted by Crippen LogP contribution is 2.37. The first-order valence-electron chi connectivity index (χ1n) is 13.9. The molecule has 1 aliphatic carbocycles. The maximum atomic E-state index is 13.5. The fourth-order valence-corrected chi connectivity index (χ4v) is 6.54. The molecule has 14 nitrogen and oxygen atoms in total. The van der Waals surface area contributed by atoms with Crippen molar-refractivity contribution in [2.24, 2.45) is 0 Å². The number of non-ortho nitro benzene ring substituents is 1. The molecule has 0 radical (unpaired) electrons. The number of nitrogens with one attached hydrogen (secondary N) is 2. The predicted molar refractivity (Wildman–Crippen MR) is 161 cm³/mol. The van der Waals surface area contributed by atoms with Crippen molar-refractivity contribution in [3.05, 3.63) is 64.5 Å². The molecule has 228 valence electrons. The number of likely N-dealkylation sites (tertiary alicyclic amines) is 1. The van der Waals surface area contributed by atoms with Gasteiger partial charge in [-0.05, 0) is 43.4 Å². The molecule has 2 N–H and O–H groups in total. The monoisotopic (exact) mass is 619 g/mol. The molecule has 0 atom stereocenters. The van der Waals surface area contributed by atoms with Gasteiger partial charge in [-0.15, -0.1) is 0 Å². The van der Waals surface area contributed by atoms with Gasteiger partial charge < -0.3 is 19.7 Å². The molecule has 2 aliphatic rings. The highest BCUT2D eigenvalue weighted by molar-refractivity contribution is 7.89. The Kier molecular flexibility index (Phi) is 7.73. The van der Waals surface area contributed by atoms with Crippen molar-refractivity contribution in [2.45, 2.75) is 36.6 Å². The summed E-state index contributed by atoms with van der Waals surface area (Å²) in [4.78, 5) is 38.8. The molecule has 1 saturated heterocycles. The number of methoxy groups -OCH3 is 2. The number of sulfonamides is 1. The van der Waals surface area contributed by atoms with E-state index in [0.717, 1.165) is 25.7 Å². The van der Waals surface area contributed by atoms with Crippen LogP contribution in [0.3, 0.4) is 0 Å². The Labute approximate surface area is 252 Å². The van der Waals surface area contributed by atoms with Gasteiger partial charge in [0.1, 0.15) is 4.90 Å². The fraction of sp³-hybridized carbons (Fsp3) is 0.310. The van der Waals surface area contributed by atoms with E-state index in [0.29, 0.717) is 35.1 Å². The van der Waals surface area contributed by atoms with E-state index in [1.807, 2.05) is 0 Å². The van der Waals surface area contributed by atoms with Crippen LogP contribution in [0.25, 0.3) is 22.0 Å². The van der Waals surface area contributed by atoms with Crippen LogP contribution < -0.4 is 19.5 Å². The van der Waals surface area contributed by atoms with Gasteiger partial charge in [0, 0.05) is 60.3 Å². The van der Waals surface area contributed by atoms with Gasteiger partial charge >= 0.3 is 6.01 Å². The topological polar surface area (TPSA) is 179 Å².